The molecular weight excluding hydrogens is 430 g/mol. The molecule has 0 spiro atoms. The van der Waals surface area contributed by atoms with E-state index in [0.29, 0.717) is 41.8 Å². The Bertz CT molecular complexity index is 859. The molecular formula is C19H22BrN3O5. The van der Waals surface area contributed by atoms with Gasteiger partial charge in [0.1, 0.15) is 11.3 Å². The van der Waals surface area contributed by atoms with E-state index in [1.165, 1.54) is 6.07 Å². The average molecular weight is 452 g/mol. The first-order valence-corrected chi connectivity index (χ1v) is 10.2. The number of ether oxygens (including phenoxy) is 3. The molecule has 4 rings (SSSR count). The Balaban J connectivity index is 1.45. The van der Waals surface area contributed by atoms with Crippen LogP contribution in [-0.2, 0) is 14.2 Å². The molecule has 0 radical (unpaired) electrons. The van der Waals surface area contributed by atoms with E-state index in [9.17, 15) is 9.90 Å². The third kappa shape index (κ3) is 4.43. The van der Waals surface area contributed by atoms with Crippen molar-refractivity contribution in [1.29, 1.82) is 0 Å². The maximum atomic E-state index is 11.2. The van der Waals surface area contributed by atoms with E-state index >= 15 is 0 Å². The Labute approximate surface area is 170 Å². The highest BCUT2D eigenvalue weighted by Crippen LogP contribution is 2.26. The number of aromatic nitrogens is 2. The molecule has 2 aromatic rings. The van der Waals surface area contributed by atoms with Crippen LogP contribution >= 0.6 is 15.9 Å². The highest BCUT2D eigenvalue weighted by Gasteiger charge is 2.24. The fraction of sp³-hybridized carbons (Fsp3) is 0.526. The van der Waals surface area contributed by atoms with E-state index in [-0.39, 0.29) is 18.0 Å². The Kier molecular flexibility index (Phi) is 6.05. The Morgan fingerprint density at radius 1 is 1.32 bits per heavy atom. The molecule has 2 saturated heterocycles. The second-order valence-corrected chi connectivity index (χ2v) is 7.78. The summed E-state index contributed by atoms with van der Waals surface area (Å²) >= 11 is 3.41. The highest BCUT2D eigenvalue weighted by atomic mass is 79.9. The molecule has 2 fully saturated rings. The minimum Gasteiger partial charge on any atom is -0.478 e. The number of nitrogens with zero attached hydrogens (tertiary/aromatic N) is 3. The molecule has 0 saturated carbocycles. The quantitative estimate of drug-likeness (QED) is 0.741. The van der Waals surface area contributed by atoms with E-state index in [1.807, 2.05) is 0 Å². The molecule has 2 unspecified atom stereocenters. The number of carbonyl (C=O) groups is 1. The predicted molar refractivity (Wildman–Crippen MR) is 106 cm³/mol. The number of hydrogen-bond acceptors (Lipinski definition) is 7. The minimum absolute atomic E-state index is 0.0606. The normalized spacial score (nSPS) is 23.1. The largest absolute Gasteiger partial charge is 0.478 e. The topological polar surface area (TPSA) is 94.0 Å². The van der Waals surface area contributed by atoms with Gasteiger partial charge in [-0.3, -0.25) is 4.98 Å². The highest BCUT2D eigenvalue weighted by molar-refractivity contribution is 9.10. The van der Waals surface area contributed by atoms with Crippen LogP contribution < -0.4 is 4.90 Å². The van der Waals surface area contributed by atoms with E-state index in [1.54, 1.807) is 12.3 Å². The second-order valence-electron chi connectivity index (χ2n) is 6.93. The zero-order valence-corrected chi connectivity index (χ0v) is 16.9. The van der Waals surface area contributed by atoms with Crippen LogP contribution in [0.25, 0.3) is 11.0 Å². The fourth-order valence-corrected chi connectivity index (χ4v) is 3.96. The molecule has 9 heteroatoms. The summed E-state index contributed by atoms with van der Waals surface area (Å²) in [6.45, 7) is 3.18. The van der Waals surface area contributed by atoms with E-state index in [0.717, 1.165) is 31.7 Å². The van der Waals surface area contributed by atoms with Crippen LogP contribution in [0.1, 0.15) is 29.6 Å². The van der Waals surface area contributed by atoms with Crippen molar-refractivity contribution in [3.63, 3.8) is 0 Å². The van der Waals surface area contributed by atoms with Crippen LogP contribution in [0.3, 0.4) is 0 Å². The molecule has 150 valence electrons. The van der Waals surface area contributed by atoms with Gasteiger partial charge in [-0.2, -0.15) is 0 Å². The van der Waals surface area contributed by atoms with Gasteiger partial charge in [0.25, 0.3) is 0 Å². The summed E-state index contributed by atoms with van der Waals surface area (Å²) in [5, 5.41) is 9.19. The van der Waals surface area contributed by atoms with Gasteiger partial charge in [-0.25, -0.2) is 9.78 Å². The van der Waals surface area contributed by atoms with Gasteiger partial charge >= 0.3 is 5.97 Å². The van der Waals surface area contributed by atoms with Crippen molar-refractivity contribution in [3.05, 3.63) is 28.4 Å². The summed E-state index contributed by atoms with van der Waals surface area (Å²) in [4.78, 5) is 22.4. The molecule has 1 aromatic heterocycles. The lowest BCUT2D eigenvalue weighted by atomic mass is 10.2. The van der Waals surface area contributed by atoms with Gasteiger partial charge in [0, 0.05) is 24.2 Å². The SMILES string of the molecule is O=C(O)c1cc(Br)c2nc(N3CCOC(COC4CCCCO4)C3)cnc2c1. The van der Waals surface area contributed by atoms with E-state index in [4.69, 9.17) is 14.2 Å². The molecule has 1 N–H and O–H groups in total. The van der Waals surface area contributed by atoms with Crippen LogP contribution in [0.5, 0.6) is 0 Å². The number of carboxylic acids is 1. The van der Waals surface area contributed by atoms with Crippen LogP contribution in [-0.4, -0.2) is 66.3 Å². The average Bonchev–Trinajstić information content (AvgIpc) is 2.73. The van der Waals surface area contributed by atoms with E-state index in [2.05, 4.69) is 30.8 Å². The minimum atomic E-state index is -0.994. The molecule has 3 heterocycles. The lowest BCUT2D eigenvalue weighted by molar-refractivity contribution is -0.180. The molecule has 8 nitrogen and oxygen atoms in total. The van der Waals surface area contributed by atoms with Crippen LogP contribution in [0.2, 0.25) is 0 Å². The maximum Gasteiger partial charge on any atom is 0.335 e. The smallest absolute Gasteiger partial charge is 0.335 e. The van der Waals surface area contributed by atoms with Crippen LogP contribution in [0, 0.1) is 0 Å². The number of morpholine rings is 1. The lowest BCUT2D eigenvalue weighted by Gasteiger charge is -2.34. The molecule has 2 aliphatic heterocycles. The number of anilines is 1. The fourth-order valence-electron chi connectivity index (χ4n) is 3.43. The van der Waals surface area contributed by atoms with Crippen LogP contribution in [0.15, 0.2) is 22.8 Å². The molecule has 28 heavy (non-hydrogen) atoms. The molecule has 2 atom stereocenters. The first-order valence-electron chi connectivity index (χ1n) is 9.39. The summed E-state index contributed by atoms with van der Waals surface area (Å²) < 4.78 is 17.9. The zero-order valence-electron chi connectivity index (χ0n) is 15.3. The summed E-state index contributed by atoms with van der Waals surface area (Å²) in [5.74, 6) is -0.259. The predicted octanol–water partition coefficient (Wildman–Crippen LogP) is 2.84. The number of halogens is 1. The number of benzene rings is 1. The van der Waals surface area contributed by atoms with Gasteiger partial charge in [0.15, 0.2) is 6.29 Å². The first kappa shape index (κ1) is 19.5. The Morgan fingerprint density at radius 2 is 2.21 bits per heavy atom. The van der Waals surface area contributed by atoms with Crippen molar-refractivity contribution in [2.45, 2.75) is 31.7 Å². The van der Waals surface area contributed by atoms with Gasteiger partial charge in [0.2, 0.25) is 0 Å². The van der Waals surface area contributed by atoms with Gasteiger partial charge in [-0.1, -0.05) is 0 Å². The van der Waals surface area contributed by atoms with Crippen molar-refractivity contribution in [3.8, 4) is 0 Å². The number of fused-ring (bicyclic) bond motifs is 1. The van der Waals surface area contributed by atoms with Crippen LogP contribution in [0.4, 0.5) is 5.82 Å². The molecule has 0 aliphatic carbocycles. The molecule has 2 aliphatic rings. The zero-order chi connectivity index (χ0) is 19.5. The van der Waals surface area contributed by atoms with Gasteiger partial charge < -0.3 is 24.2 Å². The summed E-state index contributed by atoms with van der Waals surface area (Å²) in [5.41, 5.74) is 1.35. The van der Waals surface area contributed by atoms with Gasteiger partial charge in [-0.05, 0) is 47.3 Å². The second kappa shape index (κ2) is 8.69. The number of carboxylic acid groups (broad SMARTS) is 1. The third-order valence-electron chi connectivity index (χ3n) is 4.90. The van der Waals surface area contributed by atoms with Crippen molar-refractivity contribution in [2.75, 3.05) is 37.8 Å². The number of rotatable bonds is 5. The number of aromatic carboxylic acids is 1. The van der Waals surface area contributed by atoms with Crippen molar-refractivity contribution >= 4 is 38.8 Å². The lowest BCUT2D eigenvalue weighted by Crippen LogP contribution is -2.45. The Morgan fingerprint density at radius 3 is 3.00 bits per heavy atom. The van der Waals surface area contributed by atoms with Crippen molar-refractivity contribution in [1.82, 2.24) is 9.97 Å². The molecule has 1 aromatic carbocycles. The first-order chi connectivity index (χ1) is 13.6. The maximum absolute atomic E-state index is 11.2. The Hall–Kier alpha value is -1.81. The van der Waals surface area contributed by atoms with Gasteiger partial charge in [-0.15, -0.1) is 0 Å². The third-order valence-corrected chi connectivity index (χ3v) is 5.51. The standard InChI is InChI=1S/C19H22BrN3O5/c20-14-7-12(19(24)25)8-15-18(14)22-16(9-21-15)23-4-6-26-13(10-23)11-28-17-3-1-2-5-27-17/h7-9,13,17H,1-6,10-11H2,(H,24,25). The summed E-state index contributed by atoms with van der Waals surface area (Å²) in [7, 11) is 0. The molecule has 0 amide bonds. The van der Waals surface area contributed by atoms with Crippen molar-refractivity contribution < 1.29 is 24.1 Å². The summed E-state index contributed by atoms with van der Waals surface area (Å²) in [6.07, 6.45) is 4.64. The monoisotopic (exact) mass is 451 g/mol. The van der Waals surface area contributed by atoms with Crippen molar-refractivity contribution in [2.24, 2.45) is 0 Å². The van der Waals surface area contributed by atoms with E-state index < -0.39 is 5.97 Å². The van der Waals surface area contributed by atoms with Gasteiger partial charge in [0.05, 0.1) is 36.6 Å². The summed E-state index contributed by atoms with van der Waals surface area (Å²) in [6, 6.07) is 3.07. The molecule has 0 bridgehead atoms. The number of hydrogen-bond donors (Lipinski definition) is 1.